The molecule has 11 nitrogen and oxygen atoms in total. The standard InChI is InChI=1S/C15H18ClN5O6/c1-4-21-8(16)7-9(19-21)17-18-11-12(22)10(15(25)27-3)13(23)20(14(11)24)5-6-26-2/h7,22,24H,4-6H2,1-3H3. The fourth-order valence-corrected chi connectivity index (χ4v) is 2.46. The summed E-state index contributed by atoms with van der Waals surface area (Å²) in [6, 6.07) is 1.42. The Bertz CT molecular complexity index is 936. The first kappa shape index (κ1) is 20.4. The summed E-state index contributed by atoms with van der Waals surface area (Å²) in [7, 11) is 2.45. The SMILES string of the molecule is CCn1nc(N=Nc2c(O)c(C(=O)OC)c(=O)n(CCOC)c2O)cc1Cl. The number of aromatic nitrogens is 3. The number of carbonyl (C=O) groups is 1. The zero-order valence-corrected chi connectivity index (χ0v) is 15.6. The van der Waals surface area contributed by atoms with Crippen LogP contribution in [0.15, 0.2) is 21.1 Å². The van der Waals surface area contributed by atoms with Crippen molar-refractivity contribution in [2.45, 2.75) is 20.0 Å². The largest absolute Gasteiger partial charge is 0.504 e. The number of ether oxygens (including phenoxy) is 2. The molecule has 0 unspecified atom stereocenters. The van der Waals surface area contributed by atoms with Gasteiger partial charge in [-0.3, -0.25) is 14.0 Å². The molecule has 12 heteroatoms. The van der Waals surface area contributed by atoms with Gasteiger partial charge in [0.25, 0.3) is 5.56 Å². The van der Waals surface area contributed by atoms with Crippen LogP contribution in [0, 0.1) is 0 Å². The number of azo groups is 1. The lowest BCUT2D eigenvalue weighted by molar-refractivity contribution is 0.0594. The minimum atomic E-state index is -1.08. The minimum absolute atomic E-state index is 0.0615. The van der Waals surface area contributed by atoms with Crippen LogP contribution in [0.25, 0.3) is 0 Å². The molecule has 146 valence electrons. The minimum Gasteiger partial charge on any atom is -0.504 e. The maximum atomic E-state index is 12.4. The molecule has 0 fully saturated rings. The Balaban J connectivity index is 2.61. The van der Waals surface area contributed by atoms with Gasteiger partial charge in [0.2, 0.25) is 5.88 Å². The third-order valence-electron chi connectivity index (χ3n) is 3.57. The summed E-state index contributed by atoms with van der Waals surface area (Å²) in [6.45, 7) is 2.29. The average Bonchev–Trinajstić information content (AvgIpc) is 3.01. The molecule has 0 aromatic carbocycles. The molecule has 0 atom stereocenters. The molecule has 0 aliphatic carbocycles. The van der Waals surface area contributed by atoms with Crippen LogP contribution in [0.5, 0.6) is 11.6 Å². The zero-order chi connectivity index (χ0) is 20.1. The number of carbonyl (C=O) groups excluding carboxylic acids is 1. The van der Waals surface area contributed by atoms with E-state index in [1.54, 1.807) is 0 Å². The van der Waals surface area contributed by atoms with Crippen molar-refractivity contribution in [1.82, 2.24) is 14.3 Å². The second-order valence-electron chi connectivity index (χ2n) is 5.18. The smallest absolute Gasteiger partial charge is 0.347 e. The van der Waals surface area contributed by atoms with Crippen LogP contribution >= 0.6 is 11.6 Å². The van der Waals surface area contributed by atoms with Gasteiger partial charge >= 0.3 is 5.97 Å². The van der Waals surface area contributed by atoms with E-state index in [-0.39, 0.29) is 19.0 Å². The van der Waals surface area contributed by atoms with Crippen molar-refractivity contribution >= 4 is 29.1 Å². The van der Waals surface area contributed by atoms with Crippen LogP contribution in [0.2, 0.25) is 5.15 Å². The monoisotopic (exact) mass is 399 g/mol. The quantitative estimate of drug-likeness (QED) is 0.535. The number of hydrogen-bond acceptors (Lipinski definition) is 9. The lowest BCUT2D eigenvalue weighted by atomic mass is 10.2. The summed E-state index contributed by atoms with van der Waals surface area (Å²) >= 11 is 5.96. The first-order valence-corrected chi connectivity index (χ1v) is 8.14. The van der Waals surface area contributed by atoms with Crippen LogP contribution in [0.3, 0.4) is 0 Å². The molecular formula is C15H18ClN5O6. The third kappa shape index (κ3) is 4.09. The highest BCUT2D eigenvalue weighted by atomic mass is 35.5. The number of halogens is 1. The van der Waals surface area contributed by atoms with E-state index in [1.807, 2.05) is 6.92 Å². The van der Waals surface area contributed by atoms with Gasteiger partial charge < -0.3 is 19.7 Å². The van der Waals surface area contributed by atoms with Crippen molar-refractivity contribution < 1.29 is 24.5 Å². The van der Waals surface area contributed by atoms with Crippen molar-refractivity contribution in [3.63, 3.8) is 0 Å². The molecule has 0 saturated carbocycles. The second-order valence-corrected chi connectivity index (χ2v) is 5.57. The summed E-state index contributed by atoms with van der Waals surface area (Å²) in [5.74, 6) is -2.52. The fourth-order valence-electron chi connectivity index (χ4n) is 2.21. The van der Waals surface area contributed by atoms with Gasteiger partial charge in [0.1, 0.15) is 5.15 Å². The summed E-state index contributed by atoms with van der Waals surface area (Å²) in [4.78, 5) is 24.3. The van der Waals surface area contributed by atoms with E-state index in [4.69, 9.17) is 16.3 Å². The highest BCUT2D eigenvalue weighted by Gasteiger charge is 2.27. The van der Waals surface area contributed by atoms with Crippen molar-refractivity contribution in [3.05, 3.63) is 27.1 Å². The number of rotatable bonds is 7. The van der Waals surface area contributed by atoms with Crippen molar-refractivity contribution in [1.29, 1.82) is 0 Å². The summed E-state index contributed by atoms with van der Waals surface area (Å²) < 4.78 is 11.7. The molecule has 0 amide bonds. The zero-order valence-electron chi connectivity index (χ0n) is 14.8. The maximum Gasteiger partial charge on any atom is 0.347 e. The van der Waals surface area contributed by atoms with Gasteiger partial charge in [0, 0.05) is 19.7 Å². The number of pyridine rings is 1. The van der Waals surface area contributed by atoms with Crippen LogP contribution in [0.4, 0.5) is 11.5 Å². The number of esters is 1. The van der Waals surface area contributed by atoms with Crippen LogP contribution in [-0.4, -0.2) is 51.4 Å². The number of nitrogens with zero attached hydrogens (tertiary/aromatic N) is 5. The molecule has 2 N–H and O–H groups in total. The van der Waals surface area contributed by atoms with E-state index < -0.39 is 34.4 Å². The third-order valence-corrected chi connectivity index (χ3v) is 3.87. The molecule has 0 spiro atoms. The van der Waals surface area contributed by atoms with Gasteiger partial charge in [-0.15, -0.1) is 15.3 Å². The normalized spacial score (nSPS) is 11.3. The second kappa shape index (κ2) is 8.64. The molecule has 2 aromatic heterocycles. The highest BCUT2D eigenvalue weighted by Crippen LogP contribution is 2.38. The van der Waals surface area contributed by atoms with Crippen LogP contribution in [-0.2, 0) is 22.6 Å². The molecule has 0 bridgehead atoms. The van der Waals surface area contributed by atoms with Gasteiger partial charge in [-0.25, -0.2) is 4.79 Å². The summed E-state index contributed by atoms with van der Waals surface area (Å²) in [5.41, 5.74) is -2.13. The number of methoxy groups -OCH3 is 2. The predicted molar refractivity (Wildman–Crippen MR) is 94.3 cm³/mol. The van der Waals surface area contributed by atoms with Crippen molar-refractivity contribution in [2.75, 3.05) is 20.8 Å². The first-order chi connectivity index (χ1) is 12.8. The molecule has 0 radical (unpaired) electrons. The van der Waals surface area contributed by atoms with Crippen LogP contribution < -0.4 is 5.56 Å². The lowest BCUT2D eigenvalue weighted by Crippen LogP contribution is -2.28. The Hall–Kier alpha value is -2.92. The van der Waals surface area contributed by atoms with Gasteiger partial charge in [-0.2, -0.15) is 0 Å². The van der Waals surface area contributed by atoms with E-state index in [2.05, 4.69) is 20.1 Å². The molecule has 2 aromatic rings. The molecule has 27 heavy (non-hydrogen) atoms. The van der Waals surface area contributed by atoms with Gasteiger partial charge in [0.15, 0.2) is 22.8 Å². The predicted octanol–water partition coefficient (Wildman–Crippen LogP) is 1.98. The molecule has 2 rings (SSSR count). The molecule has 2 heterocycles. The summed E-state index contributed by atoms with van der Waals surface area (Å²) in [5, 5.41) is 32.5. The lowest BCUT2D eigenvalue weighted by Gasteiger charge is -2.13. The molecular weight excluding hydrogens is 382 g/mol. The first-order valence-electron chi connectivity index (χ1n) is 7.76. The Morgan fingerprint density at radius 3 is 2.59 bits per heavy atom. The number of aryl methyl sites for hydroxylation is 1. The van der Waals surface area contributed by atoms with Gasteiger partial charge in [-0.1, -0.05) is 11.6 Å². The molecule has 0 saturated heterocycles. The fraction of sp³-hybridized carbons (Fsp3) is 0.400. The van der Waals surface area contributed by atoms with Crippen molar-refractivity contribution in [3.8, 4) is 11.6 Å². The average molecular weight is 400 g/mol. The Morgan fingerprint density at radius 1 is 1.33 bits per heavy atom. The molecule has 0 aliphatic rings. The van der Waals surface area contributed by atoms with E-state index >= 15 is 0 Å². The van der Waals surface area contributed by atoms with E-state index in [0.717, 1.165) is 11.7 Å². The van der Waals surface area contributed by atoms with Gasteiger partial charge in [-0.05, 0) is 6.92 Å². The van der Waals surface area contributed by atoms with Gasteiger partial charge in [0.05, 0.1) is 20.3 Å². The summed E-state index contributed by atoms with van der Waals surface area (Å²) in [6.07, 6.45) is 0. The highest BCUT2D eigenvalue weighted by molar-refractivity contribution is 6.29. The Morgan fingerprint density at radius 2 is 2.04 bits per heavy atom. The Kier molecular flexibility index (Phi) is 6.53. The Labute approximate surface area is 158 Å². The number of aromatic hydroxyl groups is 2. The van der Waals surface area contributed by atoms with E-state index in [0.29, 0.717) is 11.7 Å². The molecule has 0 aliphatic heterocycles. The van der Waals surface area contributed by atoms with Crippen LogP contribution in [0.1, 0.15) is 17.3 Å². The van der Waals surface area contributed by atoms with E-state index in [1.165, 1.54) is 17.9 Å². The maximum absolute atomic E-state index is 12.4. The van der Waals surface area contributed by atoms with E-state index in [9.17, 15) is 19.8 Å². The number of hydrogen-bond donors (Lipinski definition) is 2. The topological polar surface area (TPSA) is 141 Å². The van der Waals surface area contributed by atoms with Crippen molar-refractivity contribution in [2.24, 2.45) is 10.2 Å².